The van der Waals surface area contributed by atoms with Crippen LogP contribution in [0.25, 0.3) is 0 Å². The van der Waals surface area contributed by atoms with Crippen molar-refractivity contribution in [1.82, 2.24) is 4.31 Å². The molecule has 4 rings (SSSR count). The molecule has 1 aliphatic heterocycles. The fraction of sp³-hybridized carbons (Fsp3) is 0.455. The number of carbonyl (C=O) groups is 2. The van der Waals surface area contributed by atoms with Gasteiger partial charge in [0.25, 0.3) is 11.8 Å². The summed E-state index contributed by atoms with van der Waals surface area (Å²) in [6.07, 6.45) is 7.58. The predicted molar refractivity (Wildman–Crippen MR) is 121 cm³/mol. The zero-order valence-electron chi connectivity index (χ0n) is 17.4. The van der Waals surface area contributed by atoms with E-state index in [1.165, 1.54) is 39.9 Å². The van der Waals surface area contributed by atoms with Gasteiger partial charge in [0.1, 0.15) is 5.00 Å². The summed E-state index contributed by atoms with van der Waals surface area (Å²) < 4.78 is 27.4. The summed E-state index contributed by atoms with van der Waals surface area (Å²) in [6.45, 7) is 1.06. The Morgan fingerprint density at radius 2 is 1.58 bits per heavy atom. The predicted octanol–water partition coefficient (Wildman–Crippen LogP) is 3.54. The quantitative estimate of drug-likeness (QED) is 0.710. The number of nitrogens with zero attached hydrogens (tertiary/aromatic N) is 1. The number of amides is 2. The SMILES string of the molecule is NC(=O)c1c(NC(=O)c2ccc(S(=O)(=O)N3CCCCCC3)cc2)sc2c1CCCC2. The lowest BCUT2D eigenvalue weighted by atomic mass is 9.95. The van der Waals surface area contributed by atoms with E-state index in [1.54, 1.807) is 0 Å². The Hall–Kier alpha value is -2.23. The van der Waals surface area contributed by atoms with Crippen LogP contribution in [0.5, 0.6) is 0 Å². The summed E-state index contributed by atoms with van der Waals surface area (Å²) in [5, 5.41) is 3.29. The summed E-state index contributed by atoms with van der Waals surface area (Å²) in [6, 6.07) is 5.97. The van der Waals surface area contributed by atoms with Crippen molar-refractivity contribution < 1.29 is 18.0 Å². The number of anilines is 1. The molecule has 0 unspecified atom stereocenters. The molecule has 0 atom stereocenters. The fourth-order valence-electron chi connectivity index (χ4n) is 4.30. The number of hydrogen-bond acceptors (Lipinski definition) is 5. The van der Waals surface area contributed by atoms with Crippen LogP contribution in [0.15, 0.2) is 29.2 Å². The van der Waals surface area contributed by atoms with Gasteiger partial charge < -0.3 is 11.1 Å². The Morgan fingerprint density at radius 3 is 2.23 bits per heavy atom. The number of carbonyl (C=O) groups excluding carboxylic acids is 2. The van der Waals surface area contributed by atoms with Crippen molar-refractivity contribution in [1.29, 1.82) is 0 Å². The van der Waals surface area contributed by atoms with Gasteiger partial charge in [-0.1, -0.05) is 12.8 Å². The number of aryl methyl sites for hydroxylation is 1. The molecule has 0 spiro atoms. The average molecular weight is 462 g/mol. The Kier molecular flexibility index (Phi) is 6.45. The van der Waals surface area contributed by atoms with E-state index in [0.717, 1.165) is 61.8 Å². The van der Waals surface area contributed by atoms with E-state index in [0.29, 0.717) is 29.2 Å². The molecule has 0 saturated carbocycles. The van der Waals surface area contributed by atoms with Crippen LogP contribution in [-0.4, -0.2) is 37.6 Å². The standard InChI is InChI=1S/C22H27N3O4S2/c23-20(26)19-17-7-3-4-8-18(17)30-22(19)24-21(27)15-9-11-16(12-10-15)31(28,29)25-13-5-1-2-6-14-25/h9-12H,1-8,13-14H2,(H2,23,26)(H,24,27). The van der Waals surface area contributed by atoms with Crippen LogP contribution >= 0.6 is 11.3 Å². The molecule has 166 valence electrons. The summed E-state index contributed by atoms with van der Waals surface area (Å²) in [5.74, 6) is -0.923. The second-order valence-electron chi connectivity index (χ2n) is 8.08. The number of hydrogen-bond donors (Lipinski definition) is 2. The normalized spacial score (nSPS) is 17.5. The Balaban J connectivity index is 1.53. The molecule has 2 aliphatic rings. The third-order valence-corrected chi connectivity index (χ3v) is 9.08. The van der Waals surface area contributed by atoms with E-state index in [1.807, 2.05) is 0 Å². The lowest BCUT2D eigenvalue weighted by Crippen LogP contribution is -2.31. The lowest BCUT2D eigenvalue weighted by molar-refractivity contribution is 0.100. The first-order valence-corrected chi connectivity index (χ1v) is 13.0. The number of thiophene rings is 1. The molecule has 2 aromatic rings. The molecule has 2 amide bonds. The van der Waals surface area contributed by atoms with Crippen LogP contribution < -0.4 is 11.1 Å². The van der Waals surface area contributed by atoms with E-state index in [4.69, 9.17) is 5.73 Å². The molecular formula is C22H27N3O4S2. The molecule has 31 heavy (non-hydrogen) atoms. The van der Waals surface area contributed by atoms with Crippen LogP contribution in [0.4, 0.5) is 5.00 Å². The van der Waals surface area contributed by atoms with E-state index in [9.17, 15) is 18.0 Å². The first-order chi connectivity index (χ1) is 14.9. The number of fused-ring (bicyclic) bond motifs is 1. The van der Waals surface area contributed by atoms with Gasteiger partial charge in [0.05, 0.1) is 10.5 Å². The minimum atomic E-state index is -3.56. The Labute approximate surface area is 186 Å². The lowest BCUT2D eigenvalue weighted by Gasteiger charge is -2.20. The first kappa shape index (κ1) is 22.0. The number of primary amides is 1. The van der Waals surface area contributed by atoms with Gasteiger partial charge in [-0.2, -0.15) is 4.31 Å². The number of sulfonamides is 1. The zero-order valence-corrected chi connectivity index (χ0v) is 19.0. The summed E-state index contributed by atoms with van der Waals surface area (Å²) in [7, 11) is -3.56. The molecule has 1 fully saturated rings. The van der Waals surface area contributed by atoms with Crippen molar-refractivity contribution in [2.75, 3.05) is 18.4 Å². The second kappa shape index (κ2) is 9.10. The molecular weight excluding hydrogens is 434 g/mol. The van der Waals surface area contributed by atoms with Gasteiger partial charge in [-0.15, -0.1) is 11.3 Å². The molecule has 3 N–H and O–H groups in total. The van der Waals surface area contributed by atoms with E-state index >= 15 is 0 Å². The maximum absolute atomic E-state index is 12.9. The minimum absolute atomic E-state index is 0.190. The number of rotatable bonds is 5. The van der Waals surface area contributed by atoms with Crippen LogP contribution in [0.2, 0.25) is 0 Å². The third-order valence-electron chi connectivity index (χ3n) is 5.96. The van der Waals surface area contributed by atoms with E-state index < -0.39 is 15.9 Å². The maximum Gasteiger partial charge on any atom is 0.256 e. The first-order valence-electron chi connectivity index (χ1n) is 10.7. The van der Waals surface area contributed by atoms with Gasteiger partial charge in [-0.25, -0.2) is 8.42 Å². The van der Waals surface area contributed by atoms with Gasteiger partial charge >= 0.3 is 0 Å². The number of nitrogens with two attached hydrogens (primary N) is 1. The van der Waals surface area contributed by atoms with Crippen molar-refractivity contribution in [2.24, 2.45) is 5.73 Å². The molecule has 1 aromatic carbocycles. The monoisotopic (exact) mass is 461 g/mol. The van der Waals surface area contributed by atoms with Gasteiger partial charge in [-0.05, 0) is 68.4 Å². The topological polar surface area (TPSA) is 110 Å². The van der Waals surface area contributed by atoms with Crippen LogP contribution in [0.1, 0.15) is 69.7 Å². The van der Waals surface area contributed by atoms with Gasteiger partial charge in [0, 0.05) is 23.5 Å². The number of nitrogens with one attached hydrogen (secondary N) is 1. The van der Waals surface area contributed by atoms with Gasteiger partial charge in [-0.3, -0.25) is 9.59 Å². The third kappa shape index (κ3) is 4.53. The van der Waals surface area contributed by atoms with E-state index in [-0.39, 0.29) is 10.8 Å². The molecule has 0 radical (unpaired) electrons. The highest BCUT2D eigenvalue weighted by Gasteiger charge is 2.27. The highest BCUT2D eigenvalue weighted by atomic mass is 32.2. The summed E-state index contributed by atoms with van der Waals surface area (Å²) in [5.41, 5.74) is 7.29. The van der Waals surface area contributed by atoms with Crippen LogP contribution in [0, 0.1) is 0 Å². The maximum atomic E-state index is 12.9. The average Bonchev–Trinajstić information content (AvgIpc) is 2.91. The van der Waals surface area contributed by atoms with Crippen molar-refractivity contribution in [3.8, 4) is 0 Å². The van der Waals surface area contributed by atoms with Crippen molar-refractivity contribution in [2.45, 2.75) is 56.3 Å². The summed E-state index contributed by atoms with van der Waals surface area (Å²) in [4.78, 5) is 26.1. The molecule has 1 saturated heterocycles. The largest absolute Gasteiger partial charge is 0.365 e. The highest BCUT2D eigenvalue weighted by Crippen LogP contribution is 2.38. The van der Waals surface area contributed by atoms with Crippen molar-refractivity contribution in [3.05, 3.63) is 45.8 Å². The minimum Gasteiger partial charge on any atom is -0.365 e. The van der Waals surface area contributed by atoms with E-state index in [2.05, 4.69) is 5.32 Å². The van der Waals surface area contributed by atoms with Gasteiger partial charge in [0.15, 0.2) is 0 Å². The molecule has 9 heteroatoms. The molecule has 1 aliphatic carbocycles. The molecule has 2 heterocycles. The highest BCUT2D eigenvalue weighted by molar-refractivity contribution is 7.89. The number of benzene rings is 1. The smallest absolute Gasteiger partial charge is 0.256 e. The fourth-order valence-corrected chi connectivity index (χ4v) is 7.11. The van der Waals surface area contributed by atoms with Crippen molar-refractivity contribution >= 4 is 38.2 Å². The van der Waals surface area contributed by atoms with Crippen LogP contribution in [0.3, 0.4) is 0 Å². The van der Waals surface area contributed by atoms with Gasteiger partial charge in [0.2, 0.25) is 10.0 Å². The zero-order chi connectivity index (χ0) is 22.0. The summed E-state index contributed by atoms with van der Waals surface area (Å²) >= 11 is 1.41. The Bertz CT molecular complexity index is 1080. The molecule has 1 aromatic heterocycles. The molecule has 0 bridgehead atoms. The molecule has 7 nitrogen and oxygen atoms in total. The second-order valence-corrected chi connectivity index (χ2v) is 11.1. The Morgan fingerprint density at radius 1 is 0.935 bits per heavy atom. The van der Waals surface area contributed by atoms with Crippen molar-refractivity contribution in [3.63, 3.8) is 0 Å². The van der Waals surface area contributed by atoms with Crippen LogP contribution in [-0.2, 0) is 22.9 Å².